The molecule has 3 N–H and O–H groups in total. The van der Waals surface area contributed by atoms with E-state index in [-0.39, 0.29) is 5.91 Å². The van der Waals surface area contributed by atoms with Gasteiger partial charge in [-0.3, -0.25) is 4.79 Å². The molecule has 0 bridgehead atoms. The Labute approximate surface area is 206 Å². The minimum Gasteiger partial charge on any atom is -0.354 e. The van der Waals surface area contributed by atoms with Gasteiger partial charge < -0.3 is 20.9 Å². The van der Waals surface area contributed by atoms with E-state index >= 15 is 0 Å². The zero-order chi connectivity index (χ0) is 24.6. The maximum Gasteiger partial charge on any atom is 0.232 e. The van der Waals surface area contributed by atoms with Crippen molar-refractivity contribution < 1.29 is 4.79 Å². The average Bonchev–Trinajstić information content (AvgIpc) is 3.24. The fourth-order valence-electron chi connectivity index (χ4n) is 4.05. The molecule has 0 saturated carbocycles. The fraction of sp³-hybridized carbons (Fsp3) is 0.333. The van der Waals surface area contributed by atoms with Gasteiger partial charge in [-0.05, 0) is 54.9 Å². The molecule has 8 heteroatoms. The van der Waals surface area contributed by atoms with Crippen LogP contribution in [-0.2, 0) is 17.6 Å². The number of anilines is 4. The summed E-state index contributed by atoms with van der Waals surface area (Å²) < 4.78 is 0. The summed E-state index contributed by atoms with van der Waals surface area (Å²) in [6, 6.07) is 14.0. The second kappa shape index (κ2) is 11.6. The van der Waals surface area contributed by atoms with E-state index in [4.69, 9.17) is 0 Å². The molecule has 0 radical (unpaired) electrons. The van der Waals surface area contributed by atoms with Crippen LogP contribution >= 0.6 is 0 Å². The van der Waals surface area contributed by atoms with Crippen molar-refractivity contribution in [3.8, 4) is 0 Å². The first-order valence-corrected chi connectivity index (χ1v) is 12.2. The SMILES string of the molecule is C=Cc1ccc(Cc2nc(NCCCN(CC)CC)nc(Nc3ccc4c(c3)NC(=O)C4)n2)cc1. The van der Waals surface area contributed by atoms with Crippen LogP contribution in [0.2, 0.25) is 0 Å². The summed E-state index contributed by atoms with van der Waals surface area (Å²) in [5.74, 6) is 1.70. The third kappa shape index (κ3) is 6.64. The van der Waals surface area contributed by atoms with Crippen molar-refractivity contribution in [3.63, 3.8) is 0 Å². The molecule has 1 aliphatic rings. The minimum absolute atomic E-state index is 0.0123. The molecule has 35 heavy (non-hydrogen) atoms. The Balaban J connectivity index is 1.51. The van der Waals surface area contributed by atoms with Crippen molar-refractivity contribution in [2.75, 3.05) is 42.1 Å². The van der Waals surface area contributed by atoms with Gasteiger partial charge in [0.2, 0.25) is 17.8 Å². The lowest BCUT2D eigenvalue weighted by molar-refractivity contribution is -0.115. The molecule has 0 spiro atoms. The first-order valence-electron chi connectivity index (χ1n) is 12.2. The number of nitrogens with one attached hydrogen (secondary N) is 3. The number of benzene rings is 2. The van der Waals surface area contributed by atoms with Gasteiger partial charge in [0.1, 0.15) is 5.82 Å². The number of nitrogens with zero attached hydrogens (tertiary/aromatic N) is 4. The lowest BCUT2D eigenvalue weighted by Crippen LogP contribution is -2.25. The van der Waals surface area contributed by atoms with Gasteiger partial charge in [0.15, 0.2) is 0 Å². The summed E-state index contributed by atoms with van der Waals surface area (Å²) in [6.45, 7) is 12.1. The van der Waals surface area contributed by atoms with Crippen LogP contribution in [0.5, 0.6) is 0 Å². The van der Waals surface area contributed by atoms with Gasteiger partial charge in [0.05, 0.1) is 6.42 Å². The van der Waals surface area contributed by atoms with E-state index in [0.717, 1.165) is 60.7 Å². The van der Waals surface area contributed by atoms with Gasteiger partial charge in [0.25, 0.3) is 0 Å². The van der Waals surface area contributed by atoms with E-state index in [1.165, 1.54) is 0 Å². The van der Waals surface area contributed by atoms with Crippen molar-refractivity contribution in [1.29, 1.82) is 0 Å². The Morgan fingerprint density at radius 3 is 2.57 bits per heavy atom. The third-order valence-electron chi connectivity index (χ3n) is 6.08. The zero-order valence-corrected chi connectivity index (χ0v) is 20.5. The van der Waals surface area contributed by atoms with Gasteiger partial charge >= 0.3 is 0 Å². The number of carbonyl (C=O) groups excluding carboxylic acids is 1. The second-order valence-electron chi connectivity index (χ2n) is 8.55. The van der Waals surface area contributed by atoms with E-state index in [1.807, 2.05) is 36.4 Å². The molecule has 0 unspecified atom stereocenters. The lowest BCUT2D eigenvalue weighted by Gasteiger charge is -2.17. The first kappa shape index (κ1) is 24.3. The Morgan fingerprint density at radius 1 is 1.06 bits per heavy atom. The van der Waals surface area contributed by atoms with E-state index in [0.29, 0.717) is 30.6 Å². The number of carbonyl (C=O) groups is 1. The maximum absolute atomic E-state index is 11.7. The van der Waals surface area contributed by atoms with Crippen LogP contribution in [0.15, 0.2) is 49.0 Å². The number of aromatic nitrogens is 3. The largest absolute Gasteiger partial charge is 0.354 e. The number of hydrogen-bond acceptors (Lipinski definition) is 7. The normalized spacial score (nSPS) is 12.4. The topological polar surface area (TPSA) is 95.1 Å². The molecule has 0 saturated heterocycles. The van der Waals surface area contributed by atoms with Gasteiger partial charge in [-0.15, -0.1) is 0 Å². The predicted octanol–water partition coefficient (Wildman–Crippen LogP) is 4.49. The van der Waals surface area contributed by atoms with Crippen LogP contribution in [0.3, 0.4) is 0 Å². The smallest absolute Gasteiger partial charge is 0.232 e. The van der Waals surface area contributed by atoms with E-state index in [2.05, 4.69) is 68.4 Å². The van der Waals surface area contributed by atoms with Crippen molar-refractivity contribution in [2.24, 2.45) is 0 Å². The van der Waals surface area contributed by atoms with Crippen molar-refractivity contribution in [3.05, 3.63) is 71.6 Å². The molecule has 8 nitrogen and oxygen atoms in total. The molecule has 1 aliphatic heterocycles. The summed E-state index contributed by atoms with van der Waals surface area (Å²) >= 11 is 0. The number of fused-ring (bicyclic) bond motifs is 1. The first-order chi connectivity index (χ1) is 17.1. The number of hydrogen-bond donors (Lipinski definition) is 3. The van der Waals surface area contributed by atoms with Gasteiger partial charge in [-0.2, -0.15) is 15.0 Å². The molecule has 182 valence electrons. The Morgan fingerprint density at radius 2 is 1.83 bits per heavy atom. The second-order valence-corrected chi connectivity index (χ2v) is 8.55. The molecule has 4 rings (SSSR count). The van der Waals surface area contributed by atoms with Gasteiger partial charge in [0, 0.05) is 24.3 Å². The molecule has 0 aliphatic carbocycles. The summed E-state index contributed by atoms with van der Waals surface area (Å²) in [5, 5.41) is 9.54. The number of rotatable bonds is 12. The van der Waals surface area contributed by atoms with Crippen LogP contribution < -0.4 is 16.0 Å². The zero-order valence-electron chi connectivity index (χ0n) is 20.5. The molecule has 1 amide bonds. The standard InChI is InChI=1S/C27H33N7O/c1-4-19-8-10-20(11-9-19)16-24-31-26(28-14-7-15-34(5-2)6-3)33-27(32-24)29-22-13-12-21-17-25(35)30-23(21)18-22/h4,8-13,18H,1,5-7,14-17H2,2-3H3,(H,30,35)(H2,28,29,31,32,33). The lowest BCUT2D eigenvalue weighted by atomic mass is 10.1. The highest BCUT2D eigenvalue weighted by Crippen LogP contribution is 2.27. The van der Waals surface area contributed by atoms with Crippen molar-refractivity contribution in [1.82, 2.24) is 19.9 Å². The summed E-state index contributed by atoms with van der Waals surface area (Å²) in [7, 11) is 0. The molecule has 3 aromatic rings. The number of amides is 1. The highest BCUT2D eigenvalue weighted by Gasteiger charge is 2.18. The monoisotopic (exact) mass is 471 g/mol. The molecule has 2 heterocycles. The summed E-state index contributed by atoms with van der Waals surface area (Å²) in [4.78, 5) is 28.0. The fourth-order valence-corrected chi connectivity index (χ4v) is 4.05. The molecule has 0 fully saturated rings. The Kier molecular flexibility index (Phi) is 8.05. The average molecular weight is 472 g/mol. The third-order valence-corrected chi connectivity index (χ3v) is 6.08. The van der Waals surface area contributed by atoms with Crippen molar-refractivity contribution >= 4 is 35.3 Å². The van der Waals surface area contributed by atoms with Crippen LogP contribution in [0.4, 0.5) is 23.3 Å². The van der Waals surface area contributed by atoms with Crippen LogP contribution in [0.1, 0.15) is 42.8 Å². The molecule has 0 atom stereocenters. The molecule has 1 aromatic heterocycles. The highest BCUT2D eigenvalue weighted by atomic mass is 16.1. The van der Waals surface area contributed by atoms with Crippen LogP contribution in [0.25, 0.3) is 6.08 Å². The highest BCUT2D eigenvalue weighted by molar-refractivity contribution is 5.99. The summed E-state index contributed by atoms with van der Waals surface area (Å²) in [5.41, 5.74) is 4.82. The van der Waals surface area contributed by atoms with E-state index < -0.39 is 0 Å². The predicted molar refractivity (Wildman–Crippen MR) is 142 cm³/mol. The van der Waals surface area contributed by atoms with Crippen LogP contribution in [0, 0.1) is 0 Å². The van der Waals surface area contributed by atoms with E-state index in [9.17, 15) is 4.79 Å². The Bertz CT molecular complexity index is 1170. The van der Waals surface area contributed by atoms with Crippen LogP contribution in [-0.4, -0.2) is 51.9 Å². The maximum atomic E-state index is 11.7. The molecular formula is C27H33N7O. The quantitative estimate of drug-likeness (QED) is 0.335. The van der Waals surface area contributed by atoms with Crippen molar-refractivity contribution in [2.45, 2.75) is 33.1 Å². The Hall–Kier alpha value is -3.78. The van der Waals surface area contributed by atoms with Gasteiger partial charge in [-0.25, -0.2) is 0 Å². The van der Waals surface area contributed by atoms with E-state index in [1.54, 1.807) is 0 Å². The molecule has 2 aromatic carbocycles. The molecular weight excluding hydrogens is 438 g/mol. The van der Waals surface area contributed by atoms with Gasteiger partial charge in [-0.1, -0.05) is 56.8 Å². The summed E-state index contributed by atoms with van der Waals surface area (Å²) in [6.07, 6.45) is 3.83. The minimum atomic E-state index is 0.0123.